The van der Waals surface area contributed by atoms with Gasteiger partial charge in [0, 0.05) is 24.4 Å². The number of carbonyl (C=O) groups is 2. The molecule has 0 aliphatic heterocycles. The molecule has 22 heavy (non-hydrogen) atoms. The number of ether oxygens (including phenoxy) is 1. The molecule has 0 spiro atoms. The Morgan fingerprint density at radius 1 is 1.41 bits per heavy atom. The van der Waals surface area contributed by atoms with Gasteiger partial charge in [-0.25, -0.2) is 0 Å². The van der Waals surface area contributed by atoms with Gasteiger partial charge in [-0.3, -0.25) is 9.59 Å². The SMILES string of the molecule is CC=CN(CC(=O)C=O)c1cccc(OC2=CC=CCC2)c1. The summed E-state index contributed by atoms with van der Waals surface area (Å²) in [5, 5.41) is 0. The van der Waals surface area contributed by atoms with Crippen LogP contribution in [0.5, 0.6) is 5.75 Å². The van der Waals surface area contributed by atoms with Crippen LogP contribution in [0, 0.1) is 0 Å². The molecule has 0 atom stereocenters. The first kappa shape index (κ1) is 15.8. The third kappa shape index (κ3) is 4.45. The molecule has 0 heterocycles. The fourth-order valence-corrected chi connectivity index (χ4v) is 2.16. The van der Waals surface area contributed by atoms with Gasteiger partial charge in [0.25, 0.3) is 0 Å². The van der Waals surface area contributed by atoms with Crippen molar-refractivity contribution in [2.24, 2.45) is 0 Å². The Labute approximate surface area is 130 Å². The smallest absolute Gasteiger partial charge is 0.214 e. The van der Waals surface area contributed by atoms with Crippen LogP contribution < -0.4 is 9.64 Å². The van der Waals surface area contributed by atoms with Gasteiger partial charge >= 0.3 is 0 Å². The Morgan fingerprint density at radius 3 is 2.95 bits per heavy atom. The van der Waals surface area contributed by atoms with Gasteiger partial charge in [0.15, 0.2) is 6.29 Å². The zero-order valence-electron chi connectivity index (χ0n) is 12.6. The van der Waals surface area contributed by atoms with Crippen molar-refractivity contribution in [3.05, 3.63) is 60.5 Å². The second-order valence-electron chi connectivity index (χ2n) is 4.89. The van der Waals surface area contributed by atoms with Crippen LogP contribution in [-0.2, 0) is 9.59 Å². The number of aldehydes is 1. The van der Waals surface area contributed by atoms with E-state index in [1.165, 1.54) is 0 Å². The number of nitrogens with zero attached hydrogens (tertiary/aromatic N) is 1. The Balaban J connectivity index is 2.17. The molecule has 4 nitrogen and oxygen atoms in total. The lowest BCUT2D eigenvalue weighted by atomic mass is 10.1. The monoisotopic (exact) mass is 297 g/mol. The van der Waals surface area contributed by atoms with Crippen LogP contribution in [0.15, 0.2) is 60.5 Å². The molecule has 0 N–H and O–H groups in total. The van der Waals surface area contributed by atoms with E-state index in [0.29, 0.717) is 12.0 Å². The Bertz CT molecular complexity index is 629. The molecular weight excluding hydrogens is 278 g/mol. The summed E-state index contributed by atoms with van der Waals surface area (Å²) in [6.07, 6.45) is 11.8. The lowest BCUT2D eigenvalue weighted by Gasteiger charge is -2.20. The van der Waals surface area contributed by atoms with Crippen molar-refractivity contribution < 1.29 is 14.3 Å². The molecule has 0 unspecified atom stereocenters. The van der Waals surface area contributed by atoms with Crippen molar-refractivity contribution in [1.82, 2.24) is 0 Å². The molecule has 0 radical (unpaired) electrons. The molecule has 0 bridgehead atoms. The van der Waals surface area contributed by atoms with E-state index in [0.717, 1.165) is 24.3 Å². The van der Waals surface area contributed by atoms with Gasteiger partial charge in [0.05, 0.1) is 6.54 Å². The van der Waals surface area contributed by atoms with Crippen molar-refractivity contribution in [3.8, 4) is 5.75 Å². The fourth-order valence-electron chi connectivity index (χ4n) is 2.16. The second-order valence-corrected chi connectivity index (χ2v) is 4.89. The van der Waals surface area contributed by atoms with Gasteiger partial charge in [0.2, 0.25) is 5.78 Å². The van der Waals surface area contributed by atoms with Crippen molar-refractivity contribution in [3.63, 3.8) is 0 Å². The number of anilines is 1. The topological polar surface area (TPSA) is 46.6 Å². The van der Waals surface area contributed by atoms with E-state index in [9.17, 15) is 9.59 Å². The molecule has 0 aromatic heterocycles. The minimum absolute atomic E-state index is 0.0166. The maximum absolute atomic E-state index is 11.4. The molecular formula is C18H19NO3. The summed E-state index contributed by atoms with van der Waals surface area (Å²) in [7, 11) is 0. The molecule has 4 heteroatoms. The first-order valence-electron chi connectivity index (χ1n) is 7.24. The third-order valence-electron chi connectivity index (χ3n) is 3.16. The van der Waals surface area contributed by atoms with Gasteiger partial charge in [-0.2, -0.15) is 0 Å². The molecule has 1 aromatic rings. The number of Topliss-reactive ketones (excluding diaryl/α,β-unsaturated/α-hetero) is 1. The number of hydrogen-bond acceptors (Lipinski definition) is 4. The summed E-state index contributed by atoms with van der Waals surface area (Å²) in [5.41, 5.74) is 0.803. The van der Waals surface area contributed by atoms with Crippen LogP contribution in [0.25, 0.3) is 0 Å². The molecule has 1 aromatic carbocycles. The Morgan fingerprint density at radius 2 is 2.27 bits per heavy atom. The van der Waals surface area contributed by atoms with E-state index in [1.54, 1.807) is 11.1 Å². The molecule has 0 amide bonds. The average Bonchev–Trinajstić information content (AvgIpc) is 2.55. The molecule has 1 aliphatic carbocycles. The van der Waals surface area contributed by atoms with E-state index < -0.39 is 5.78 Å². The number of hydrogen-bond donors (Lipinski definition) is 0. The van der Waals surface area contributed by atoms with Crippen LogP contribution in [0.3, 0.4) is 0 Å². The summed E-state index contributed by atoms with van der Waals surface area (Å²) < 4.78 is 5.86. The quantitative estimate of drug-likeness (QED) is 0.571. The first-order chi connectivity index (χ1) is 10.7. The van der Waals surface area contributed by atoms with Crippen molar-refractivity contribution in [2.45, 2.75) is 19.8 Å². The number of rotatable bonds is 7. The van der Waals surface area contributed by atoms with Crippen LogP contribution in [-0.4, -0.2) is 18.6 Å². The zero-order chi connectivity index (χ0) is 15.8. The van der Waals surface area contributed by atoms with Gasteiger partial charge < -0.3 is 9.64 Å². The van der Waals surface area contributed by atoms with Crippen molar-refractivity contribution in [2.75, 3.05) is 11.4 Å². The summed E-state index contributed by atoms with van der Waals surface area (Å²) in [4.78, 5) is 23.7. The molecule has 1 aliphatic rings. The maximum atomic E-state index is 11.4. The average molecular weight is 297 g/mol. The predicted molar refractivity (Wildman–Crippen MR) is 86.8 cm³/mol. The Hall–Kier alpha value is -2.62. The predicted octanol–water partition coefficient (Wildman–Crippen LogP) is 3.41. The number of allylic oxidation sites excluding steroid dienone is 5. The zero-order valence-corrected chi connectivity index (χ0v) is 12.6. The largest absolute Gasteiger partial charge is 0.462 e. The molecule has 114 valence electrons. The van der Waals surface area contributed by atoms with E-state index in [4.69, 9.17) is 4.74 Å². The normalized spacial score (nSPS) is 13.8. The maximum Gasteiger partial charge on any atom is 0.214 e. The lowest BCUT2D eigenvalue weighted by Crippen LogP contribution is -2.25. The summed E-state index contributed by atoms with van der Waals surface area (Å²) in [5.74, 6) is 1.16. The van der Waals surface area contributed by atoms with E-state index in [2.05, 4.69) is 6.08 Å². The van der Waals surface area contributed by atoms with E-state index in [-0.39, 0.29) is 6.54 Å². The first-order valence-corrected chi connectivity index (χ1v) is 7.24. The molecule has 0 saturated carbocycles. The van der Waals surface area contributed by atoms with E-state index >= 15 is 0 Å². The number of benzene rings is 1. The van der Waals surface area contributed by atoms with Crippen LogP contribution in [0.4, 0.5) is 5.69 Å². The van der Waals surface area contributed by atoms with Crippen molar-refractivity contribution in [1.29, 1.82) is 0 Å². The van der Waals surface area contributed by atoms with Crippen LogP contribution in [0.2, 0.25) is 0 Å². The summed E-state index contributed by atoms with van der Waals surface area (Å²) in [6, 6.07) is 7.47. The second kappa shape index (κ2) is 7.98. The lowest BCUT2D eigenvalue weighted by molar-refractivity contribution is -0.128. The standard InChI is InChI=1S/C18H19NO3/c1-2-11-19(13-16(21)14-20)15-7-6-10-18(12-15)22-17-8-4-3-5-9-17/h2-4,6-8,10-12,14H,5,9,13H2,1H3. The van der Waals surface area contributed by atoms with Gasteiger partial charge in [0.1, 0.15) is 11.5 Å². The number of ketones is 1. The molecule has 2 rings (SSSR count). The molecule has 0 saturated heterocycles. The van der Waals surface area contributed by atoms with Crippen LogP contribution in [0.1, 0.15) is 19.8 Å². The summed E-state index contributed by atoms with van der Waals surface area (Å²) >= 11 is 0. The van der Waals surface area contributed by atoms with Crippen LogP contribution >= 0.6 is 0 Å². The molecule has 0 fully saturated rings. The highest BCUT2D eigenvalue weighted by atomic mass is 16.5. The highest BCUT2D eigenvalue weighted by Crippen LogP contribution is 2.25. The summed E-state index contributed by atoms with van der Waals surface area (Å²) in [6.45, 7) is 1.88. The van der Waals surface area contributed by atoms with Crippen molar-refractivity contribution >= 4 is 17.8 Å². The highest BCUT2D eigenvalue weighted by Gasteiger charge is 2.10. The highest BCUT2D eigenvalue weighted by molar-refractivity contribution is 6.26. The van der Waals surface area contributed by atoms with Gasteiger partial charge in [-0.15, -0.1) is 0 Å². The van der Waals surface area contributed by atoms with Gasteiger partial charge in [-0.1, -0.05) is 24.3 Å². The Kier molecular flexibility index (Phi) is 5.72. The minimum Gasteiger partial charge on any atom is -0.462 e. The van der Waals surface area contributed by atoms with Gasteiger partial charge in [-0.05, 0) is 31.6 Å². The fraction of sp³-hybridized carbons (Fsp3) is 0.222. The van der Waals surface area contributed by atoms with E-state index in [1.807, 2.05) is 49.4 Å². The minimum atomic E-state index is -0.468. The number of carbonyl (C=O) groups excluding carboxylic acids is 2. The third-order valence-corrected chi connectivity index (χ3v) is 3.16.